The Morgan fingerprint density at radius 3 is 2.33 bits per heavy atom. The molecule has 1 fully saturated rings. The number of aliphatic imine (C=N–C) groups is 1. The van der Waals surface area contributed by atoms with Gasteiger partial charge in [0.25, 0.3) is 5.91 Å². The van der Waals surface area contributed by atoms with Crippen molar-refractivity contribution in [2.45, 2.75) is 13.3 Å². The fourth-order valence-corrected chi connectivity index (χ4v) is 5.00. The number of hydrogen-bond acceptors (Lipinski definition) is 6. The highest BCUT2D eigenvalue weighted by Gasteiger charge is 2.27. The Morgan fingerprint density at radius 2 is 1.56 bits per heavy atom. The smallest absolute Gasteiger partial charge is 0.256 e. The Hall–Kier alpha value is -4.72. The number of amides is 1. The number of aromatic nitrogens is 2. The molecule has 0 saturated carbocycles. The number of carbonyl (C=O) groups excluding carboxylic acids is 1. The first-order valence-corrected chi connectivity index (χ1v) is 13.4. The number of piperazine rings is 1. The second-order valence-corrected chi connectivity index (χ2v) is 9.62. The summed E-state index contributed by atoms with van der Waals surface area (Å²) >= 11 is 0. The molecule has 196 valence electrons. The molecule has 0 unspecified atom stereocenters. The number of fused-ring (bicyclic) bond motifs is 1. The topological polar surface area (TPSA) is 77.0 Å². The fraction of sp³-hybridized carbons (Fsp3) is 0.226. The predicted molar refractivity (Wildman–Crippen MR) is 156 cm³/mol. The average molecular weight is 518 g/mol. The summed E-state index contributed by atoms with van der Waals surface area (Å²) in [6.07, 6.45) is 4.68. The van der Waals surface area contributed by atoms with Crippen molar-refractivity contribution in [1.82, 2.24) is 14.9 Å². The van der Waals surface area contributed by atoms with Crippen molar-refractivity contribution >= 4 is 34.8 Å². The molecule has 1 amide bonds. The third kappa shape index (κ3) is 5.05. The Kier molecular flexibility index (Phi) is 6.91. The van der Waals surface area contributed by atoms with Crippen LogP contribution >= 0.6 is 0 Å². The second kappa shape index (κ2) is 10.9. The van der Waals surface area contributed by atoms with Crippen LogP contribution in [-0.2, 0) is 6.42 Å². The number of carbonyl (C=O) groups is 1. The van der Waals surface area contributed by atoms with Crippen LogP contribution in [0.25, 0.3) is 0 Å². The zero-order valence-corrected chi connectivity index (χ0v) is 22.0. The summed E-state index contributed by atoms with van der Waals surface area (Å²) in [7, 11) is 0. The number of nitrogens with one attached hydrogen (secondary N) is 1. The van der Waals surface area contributed by atoms with Crippen LogP contribution in [0, 0.1) is 0 Å². The van der Waals surface area contributed by atoms with E-state index in [2.05, 4.69) is 56.3 Å². The van der Waals surface area contributed by atoms with E-state index in [9.17, 15) is 4.79 Å². The van der Waals surface area contributed by atoms with Crippen LogP contribution in [-0.4, -0.2) is 59.5 Å². The van der Waals surface area contributed by atoms with Crippen molar-refractivity contribution in [2.75, 3.05) is 48.0 Å². The molecule has 0 atom stereocenters. The molecule has 0 bridgehead atoms. The summed E-state index contributed by atoms with van der Waals surface area (Å²) in [4.78, 5) is 34.1. The van der Waals surface area contributed by atoms with E-state index in [0.717, 1.165) is 40.7 Å². The normalized spacial score (nSPS) is 16.1. The number of aryl methyl sites for hydroxylation is 1. The highest BCUT2D eigenvalue weighted by Crippen LogP contribution is 2.30. The summed E-state index contributed by atoms with van der Waals surface area (Å²) in [5.41, 5.74) is 5.44. The van der Waals surface area contributed by atoms with E-state index in [0.29, 0.717) is 44.1 Å². The monoisotopic (exact) mass is 517 g/mol. The van der Waals surface area contributed by atoms with Gasteiger partial charge < -0.3 is 20.0 Å². The quantitative estimate of drug-likeness (QED) is 0.403. The Morgan fingerprint density at radius 1 is 0.872 bits per heavy atom. The average Bonchev–Trinajstić information content (AvgIpc) is 3.02. The fourth-order valence-electron chi connectivity index (χ4n) is 5.00. The molecule has 6 rings (SSSR count). The van der Waals surface area contributed by atoms with E-state index >= 15 is 0 Å². The first-order valence-electron chi connectivity index (χ1n) is 13.4. The van der Waals surface area contributed by atoms with Gasteiger partial charge in [-0.3, -0.25) is 4.79 Å². The molecule has 8 heteroatoms. The first kappa shape index (κ1) is 24.6. The predicted octanol–water partition coefficient (Wildman–Crippen LogP) is 4.97. The molecular weight excluding hydrogens is 486 g/mol. The zero-order valence-electron chi connectivity index (χ0n) is 22.0. The number of benzene rings is 3. The van der Waals surface area contributed by atoms with Crippen LogP contribution in [0.15, 0.2) is 96.2 Å². The molecule has 1 saturated heterocycles. The molecule has 2 aliphatic heterocycles. The van der Waals surface area contributed by atoms with Gasteiger partial charge in [-0.05, 0) is 48.4 Å². The van der Waals surface area contributed by atoms with Crippen molar-refractivity contribution in [1.29, 1.82) is 0 Å². The van der Waals surface area contributed by atoms with Crippen molar-refractivity contribution in [3.05, 3.63) is 108 Å². The molecule has 3 aromatic carbocycles. The number of hydrogen-bond donors (Lipinski definition) is 1. The summed E-state index contributed by atoms with van der Waals surface area (Å²) in [6, 6.07) is 26.0. The second-order valence-electron chi connectivity index (χ2n) is 9.62. The maximum absolute atomic E-state index is 13.8. The van der Waals surface area contributed by atoms with E-state index < -0.39 is 0 Å². The minimum absolute atomic E-state index is 0.00895. The van der Waals surface area contributed by atoms with Gasteiger partial charge in [0.15, 0.2) is 0 Å². The largest absolute Gasteiger partial charge is 0.367 e. The lowest BCUT2D eigenvalue weighted by molar-refractivity contribution is 0.0747. The molecule has 1 N–H and O–H groups in total. The number of rotatable bonds is 5. The highest BCUT2D eigenvalue weighted by atomic mass is 16.2. The van der Waals surface area contributed by atoms with Gasteiger partial charge in [-0.2, -0.15) is 0 Å². The van der Waals surface area contributed by atoms with Gasteiger partial charge in [-0.1, -0.05) is 49.4 Å². The molecule has 2 aliphatic rings. The third-order valence-corrected chi connectivity index (χ3v) is 7.23. The number of para-hydroxylation sites is 3. The van der Waals surface area contributed by atoms with Gasteiger partial charge in [0, 0.05) is 55.5 Å². The van der Waals surface area contributed by atoms with Crippen LogP contribution in [0.4, 0.5) is 23.0 Å². The minimum atomic E-state index is -0.00895. The standard InChI is InChI=1S/C31H31N7O/c1-2-23-20-32-31(33-21-23)37-18-16-36(17-19-37)30(39)26-13-7-9-15-28(26)35-29-25-12-6-8-14-27(25)34-22-38(29)24-10-4-3-5-11-24/h3-15,20-21,34H,2,16-19,22H2,1H3. The Balaban J connectivity index is 1.28. The lowest BCUT2D eigenvalue weighted by Crippen LogP contribution is -2.49. The molecule has 0 spiro atoms. The number of amidine groups is 1. The molecule has 4 aromatic rings. The van der Waals surface area contributed by atoms with Crippen molar-refractivity contribution in [2.24, 2.45) is 4.99 Å². The van der Waals surface area contributed by atoms with Gasteiger partial charge in [0.2, 0.25) is 5.95 Å². The molecule has 3 heterocycles. The van der Waals surface area contributed by atoms with Gasteiger partial charge in [-0.25, -0.2) is 15.0 Å². The minimum Gasteiger partial charge on any atom is -0.367 e. The summed E-state index contributed by atoms with van der Waals surface area (Å²) in [5, 5.41) is 3.50. The number of nitrogens with zero attached hydrogens (tertiary/aromatic N) is 6. The molecule has 8 nitrogen and oxygen atoms in total. The molecular formula is C31H31N7O. The maximum Gasteiger partial charge on any atom is 0.256 e. The van der Waals surface area contributed by atoms with E-state index in [1.807, 2.05) is 71.9 Å². The van der Waals surface area contributed by atoms with Crippen molar-refractivity contribution in [3.63, 3.8) is 0 Å². The number of anilines is 3. The molecule has 39 heavy (non-hydrogen) atoms. The van der Waals surface area contributed by atoms with Gasteiger partial charge in [0.1, 0.15) is 5.84 Å². The van der Waals surface area contributed by atoms with E-state index in [-0.39, 0.29) is 5.91 Å². The van der Waals surface area contributed by atoms with Crippen LogP contribution in [0.3, 0.4) is 0 Å². The highest BCUT2D eigenvalue weighted by molar-refractivity contribution is 6.16. The Bertz CT molecular complexity index is 1480. The molecule has 0 aliphatic carbocycles. The lowest BCUT2D eigenvalue weighted by atomic mass is 10.1. The zero-order chi connectivity index (χ0) is 26.6. The molecule has 1 aromatic heterocycles. The SMILES string of the molecule is CCc1cnc(N2CCN(C(=O)c3ccccc3N=C3c4ccccc4NCN3c3ccccc3)CC2)nc1. The van der Waals surface area contributed by atoms with Crippen LogP contribution < -0.4 is 15.1 Å². The van der Waals surface area contributed by atoms with Crippen LogP contribution in [0.1, 0.15) is 28.4 Å². The first-order chi connectivity index (χ1) is 19.2. The van der Waals surface area contributed by atoms with Crippen LogP contribution in [0.2, 0.25) is 0 Å². The Labute approximate surface area is 228 Å². The van der Waals surface area contributed by atoms with Crippen molar-refractivity contribution < 1.29 is 4.79 Å². The molecule has 0 radical (unpaired) electrons. The maximum atomic E-state index is 13.8. The van der Waals surface area contributed by atoms with Gasteiger partial charge >= 0.3 is 0 Å². The van der Waals surface area contributed by atoms with Crippen LogP contribution in [0.5, 0.6) is 0 Å². The summed E-state index contributed by atoms with van der Waals surface area (Å²) in [6.45, 7) is 5.26. The third-order valence-electron chi connectivity index (χ3n) is 7.23. The van der Waals surface area contributed by atoms with E-state index in [1.165, 1.54) is 0 Å². The summed E-state index contributed by atoms with van der Waals surface area (Å²) in [5.74, 6) is 1.52. The summed E-state index contributed by atoms with van der Waals surface area (Å²) < 4.78 is 0. The van der Waals surface area contributed by atoms with Gasteiger partial charge in [-0.15, -0.1) is 0 Å². The lowest BCUT2D eigenvalue weighted by Gasteiger charge is -2.35. The van der Waals surface area contributed by atoms with Gasteiger partial charge in [0.05, 0.1) is 17.9 Å². The van der Waals surface area contributed by atoms with Crippen molar-refractivity contribution in [3.8, 4) is 0 Å². The van der Waals surface area contributed by atoms with E-state index in [1.54, 1.807) is 0 Å². The van der Waals surface area contributed by atoms with E-state index in [4.69, 9.17) is 4.99 Å².